The lowest BCUT2D eigenvalue weighted by Gasteiger charge is -2.15. The number of ether oxygens (including phenoxy) is 2. The van der Waals surface area contributed by atoms with Crippen LogP contribution in [0.2, 0.25) is 5.02 Å². The van der Waals surface area contributed by atoms with Gasteiger partial charge in [-0.2, -0.15) is 0 Å². The smallest absolute Gasteiger partial charge is 0.175 e. The number of rotatable bonds is 4. The van der Waals surface area contributed by atoms with Gasteiger partial charge in [-0.25, -0.2) is 4.39 Å². The number of hydrogen-bond donors (Lipinski definition) is 2. The van der Waals surface area contributed by atoms with Crippen LogP contribution in [0.3, 0.4) is 0 Å². The molecule has 0 radical (unpaired) electrons. The van der Waals surface area contributed by atoms with Gasteiger partial charge in [-0.05, 0) is 42.5 Å². The second-order valence-electron chi connectivity index (χ2n) is 4.27. The summed E-state index contributed by atoms with van der Waals surface area (Å²) in [6, 6.07) is 9.30. The molecule has 2 N–H and O–H groups in total. The third-order valence-electron chi connectivity index (χ3n) is 2.84. The van der Waals surface area contributed by atoms with Gasteiger partial charge in [0, 0.05) is 6.07 Å². The molecule has 0 atom stereocenters. The minimum absolute atomic E-state index is 0.242. The predicted molar refractivity (Wildman–Crippen MR) is 90.8 cm³/mol. The van der Waals surface area contributed by atoms with Crippen LogP contribution in [0.15, 0.2) is 36.4 Å². The third kappa shape index (κ3) is 3.99. The summed E-state index contributed by atoms with van der Waals surface area (Å²) in [5.74, 6) is 0.836. The van der Waals surface area contributed by atoms with Gasteiger partial charge in [0.05, 0.1) is 30.6 Å². The summed E-state index contributed by atoms with van der Waals surface area (Å²) in [5.41, 5.74) is 1.17. The Bertz CT molecular complexity index is 697. The summed E-state index contributed by atoms with van der Waals surface area (Å²) in [6.45, 7) is 0. The molecule has 0 aliphatic heterocycles. The highest BCUT2D eigenvalue weighted by atomic mass is 35.5. The lowest BCUT2D eigenvalue weighted by Crippen LogP contribution is -2.19. The van der Waals surface area contributed by atoms with Crippen LogP contribution in [0.5, 0.6) is 11.5 Å². The fourth-order valence-corrected chi connectivity index (χ4v) is 2.20. The summed E-state index contributed by atoms with van der Waals surface area (Å²) in [7, 11) is 3.12. The van der Waals surface area contributed by atoms with Crippen LogP contribution in [0.1, 0.15) is 0 Å². The molecule has 2 aromatic rings. The Morgan fingerprint density at radius 2 is 1.73 bits per heavy atom. The van der Waals surface area contributed by atoms with E-state index < -0.39 is 5.82 Å². The van der Waals surface area contributed by atoms with E-state index in [0.717, 1.165) is 0 Å². The Hall–Kier alpha value is -2.05. The first-order chi connectivity index (χ1) is 10.5. The molecule has 2 rings (SSSR count). The fraction of sp³-hybridized carbons (Fsp3) is 0.133. The van der Waals surface area contributed by atoms with E-state index in [1.807, 2.05) is 0 Å². The van der Waals surface area contributed by atoms with Crippen LogP contribution in [-0.2, 0) is 0 Å². The summed E-state index contributed by atoms with van der Waals surface area (Å²) in [6.07, 6.45) is 0. The predicted octanol–water partition coefficient (Wildman–Crippen LogP) is 4.31. The van der Waals surface area contributed by atoms with Gasteiger partial charge < -0.3 is 20.1 Å². The van der Waals surface area contributed by atoms with Gasteiger partial charge in [0.15, 0.2) is 5.11 Å². The van der Waals surface area contributed by atoms with Crippen LogP contribution in [0, 0.1) is 5.82 Å². The van der Waals surface area contributed by atoms with Gasteiger partial charge in [0.2, 0.25) is 0 Å². The van der Waals surface area contributed by atoms with Crippen molar-refractivity contribution in [3.63, 3.8) is 0 Å². The minimum atomic E-state index is -0.411. The van der Waals surface area contributed by atoms with E-state index in [4.69, 9.17) is 33.3 Å². The SMILES string of the molecule is COc1ccc(NC(=S)Nc2ccc(F)cc2Cl)c(OC)c1. The minimum Gasteiger partial charge on any atom is -0.497 e. The van der Waals surface area contributed by atoms with Crippen LogP contribution in [0.25, 0.3) is 0 Å². The summed E-state index contributed by atoms with van der Waals surface area (Å²) < 4.78 is 23.4. The van der Waals surface area contributed by atoms with E-state index in [1.54, 1.807) is 32.4 Å². The van der Waals surface area contributed by atoms with E-state index >= 15 is 0 Å². The van der Waals surface area contributed by atoms with E-state index in [0.29, 0.717) is 28.0 Å². The van der Waals surface area contributed by atoms with Crippen molar-refractivity contribution in [1.29, 1.82) is 0 Å². The fourth-order valence-electron chi connectivity index (χ4n) is 1.77. The van der Waals surface area contributed by atoms with Crippen molar-refractivity contribution >= 4 is 40.3 Å². The summed E-state index contributed by atoms with van der Waals surface area (Å²) in [5, 5.41) is 6.44. The summed E-state index contributed by atoms with van der Waals surface area (Å²) in [4.78, 5) is 0. The molecular formula is C15H14ClFN2O2S. The van der Waals surface area contributed by atoms with Gasteiger partial charge in [-0.1, -0.05) is 11.6 Å². The van der Waals surface area contributed by atoms with Crippen LogP contribution in [0.4, 0.5) is 15.8 Å². The lowest BCUT2D eigenvalue weighted by molar-refractivity contribution is 0.395. The zero-order valence-electron chi connectivity index (χ0n) is 11.9. The molecule has 0 unspecified atom stereocenters. The molecule has 0 bridgehead atoms. The molecule has 0 spiro atoms. The first-order valence-electron chi connectivity index (χ1n) is 6.28. The maximum absolute atomic E-state index is 13.0. The number of halogens is 2. The van der Waals surface area contributed by atoms with Gasteiger partial charge in [-0.3, -0.25) is 0 Å². The molecule has 4 nitrogen and oxygen atoms in total. The van der Waals surface area contributed by atoms with Crippen LogP contribution < -0.4 is 20.1 Å². The second-order valence-corrected chi connectivity index (χ2v) is 5.08. The average Bonchev–Trinajstić information content (AvgIpc) is 2.50. The highest BCUT2D eigenvalue weighted by Crippen LogP contribution is 2.29. The van der Waals surface area contributed by atoms with Gasteiger partial charge in [-0.15, -0.1) is 0 Å². The molecule has 22 heavy (non-hydrogen) atoms. The number of nitrogens with one attached hydrogen (secondary N) is 2. The first-order valence-corrected chi connectivity index (χ1v) is 7.07. The molecule has 7 heteroatoms. The standard InChI is InChI=1S/C15H14ClFN2O2S/c1-20-10-4-6-13(14(8-10)21-2)19-15(22)18-12-5-3-9(17)7-11(12)16/h3-8H,1-2H3,(H2,18,19,22). The maximum Gasteiger partial charge on any atom is 0.175 e. The quantitative estimate of drug-likeness (QED) is 0.812. The molecule has 116 valence electrons. The monoisotopic (exact) mass is 340 g/mol. The van der Waals surface area contributed by atoms with Crippen LogP contribution in [-0.4, -0.2) is 19.3 Å². The Morgan fingerprint density at radius 3 is 2.36 bits per heavy atom. The molecule has 0 aliphatic carbocycles. The Kier molecular flexibility index (Phi) is 5.41. The van der Waals surface area contributed by atoms with E-state index in [1.165, 1.54) is 18.2 Å². The zero-order valence-corrected chi connectivity index (χ0v) is 13.5. The van der Waals surface area contributed by atoms with Crippen molar-refractivity contribution in [3.8, 4) is 11.5 Å². The number of methoxy groups -OCH3 is 2. The van der Waals surface area contributed by atoms with Crippen molar-refractivity contribution in [1.82, 2.24) is 0 Å². The summed E-state index contributed by atoms with van der Waals surface area (Å²) >= 11 is 11.2. The lowest BCUT2D eigenvalue weighted by atomic mass is 10.2. The largest absolute Gasteiger partial charge is 0.497 e. The molecule has 0 aliphatic rings. The normalized spacial score (nSPS) is 10.0. The molecule has 0 fully saturated rings. The van der Waals surface area contributed by atoms with Gasteiger partial charge in [0.1, 0.15) is 17.3 Å². The maximum atomic E-state index is 13.0. The second kappa shape index (κ2) is 7.29. The van der Waals surface area contributed by atoms with E-state index in [9.17, 15) is 4.39 Å². The van der Waals surface area contributed by atoms with E-state index in [-0.39, 0.29) is 5.02 Å². The van der Waals surface area contributed by atoms with Crippen molar-refractivity contribution in [2.75, 3.05) is 24.9 Å². The molecule has 0 amide bonds. The number of hydrogen-bond acceptors (Lipinski definition) is 3. The molecular weight excluding hydrogens is 327 g/mol. The molecule has 0 saturated carbocycles. The third-order valence-corrected chi connectivity index (χ3v) is 3.35. The number of thiocarbonyl (C=S) groups is 1. The van der Waals surface area contributed by atoms with Crippen LogP contribution >= 0.6 is 23.8 Å². The Balaban J connectivity index is 2.12. The van der Waals surface area contributed by atoms with E-state index in [2.05, 4.69) is 10.6 Å². The zero-order chi connectivity index (χ0) is 16.1. The Morgan fingerprint density at radius 1 is 1.05 bits per heavy atom. The first kappa shape index (κ1) is 16.3. The average molecular weight is 341 g/mol. The molecule has 0 aromatic heterocycles. The van der Waals surface area contributed by atoms with Gasteiger partial charge in [0.25, 0.3) is 0 Å². The Labute approximate surface area is 138 Å². The van der Waals surface area contributed by atoms with Gasteiger partial charge >= 0.3 is 0 Å². The highest BCUT2D eigenvalue weighted by molar-refractivity contribution is 7.80. The molecule has 2 aromatic carbocycles. The van der Waals surface area contributed by atoms with Crippen molar-refractivity contribution in [2.45, 2.75) is 0 Å². The topological polar surface area (TPSA) is 42.5 Å². The molecule has 0 saturated heterocycles. The molecule has 0 heterocycles. The van der Waals surface area contributed by atoms with Crippen molar-refractivity contribution < 1.29 is 13.9 Å². The van der Waals surface area contributed by atoms with Crippen molar-refractivity contribution in [3.05, 3.63) is 47.2 Å². The van der Waals surface area contributed by atoms with Crippen molar-refractivity contribution in [2.24, 2.45) is 0 Å². The highest BCUT2D eigenvalue weighted by Gasteiger charge is 2.08. The number of anilines is 2. The number of benzene rings is 2.